The van der Waals surface area contributed by atoms with Crippen LogP contribution in [0, 0.1) is 0 Å². The molecule has 0 aromatic heterocycles. The molecule has 0 bridgehead atoms. The number of hydrogen-bond acceptors (Lipinski definition) is 3. The highest BCUT2D eigenvalue weighted by atomic mass is 16.5. The molecule has 1 unspecified atom stereocenters. The molecular formula is C14H19NO3. The second-order valence-corrected chi connectivity index (χ2v) is 4.62. The van der Waals surface area contributed by atoms with Gasteiger partial charge in [-0.1, -0.05) is 13.0 Å². The maximum atomic E-state index is 11.2. The fourth-order valence-electron chi connectivity index (χ4n) is 2.53. The number of methoxy groups -OCH3 is 1. The fourth-order valence-corrected chi connectivity index (χ4v) is 2.53. The molecule has 98 valence electrons. The van der Waals surface area contributed by atoms with Gasteiger partial charge in [0.1, 0.15) is 11.8 Å². The van der Waals surface area contributed by atoms with Gasteiger partial charge in [0.15, 0.2) is 0 Å². The van der Waals surface area contributed by atoms with Crippen molar-refractivity contribution >= 4 is 5.97 Å². The zero-order valence-electron chi connectivity index (χ0n) is 10.8. The van der Waals surface area contributed by atoms with E-state index in [4.69, 9.17) is 4.74 Å². The molecule has 0 saturated carbocycles. The van der Waals surface area contributed by atoms with Gasteiger partial charge in [-0.2, -0.15) is 0 Å². The highest BCUT2D eigenvalue weighted by molar-refractivity contribution is 5.73. The van der Waals surface area contributed by atoms with Crippen LogP contribution < -0.4 is 4.74 Å². The first-order chi connectivity index (χ1) is 8.65. The molecule has 1 aliphatic heterocycles. The van der Waals surface area contributed by atoms with Crippen LogP contribution in [0.1, 0.15) is 24.5 Å². The summed E-state index contributed by atoms with van der Waals surface area (Å²) < 4.78 is 5.21. The number of carboxylic acids is 1. The molecule has 0 aliphatic carbocycles. The lowest BCUT2D eigenvalue weighted by Gasteiger charge is -2.33. The molecule has 0 saturated heterocycles. The first kappa shape index (κ1) is 12.9. The molecule has 4 nitrogen and oxygen atoms in total. The van der Waals surface area contributed by atoms with Gasteiger partial charge in [0.25, 0.3) is 0 Å². The van der Waals surface area contributed by atoms with Gasteiger partial charge >= 0.3 is 5.97 Å². The van der Waals surface area contributed by atoms with Gasteiger partial charge in [-0.15, -0.1) is 0 Å². The minimum atomic E-state index is -0.727. The van der Waals surface area contributed by atoms with E-state index in [0.29, 0.717) is 13.0 Å². The van der Waals surface area contributed by atoms with Crippen LogP contribution in [0.25, 0.3) is 0 Å². The Hall–Kier alpha value is -1.55. The minimum absolute atomic E-state index is 0.375. The SMILES string of the molecule is CCC(C(=O)O)N1CCc2cc(OC)ccc2C1. The number of carbonyl (C=O) groups is 1. The third-order valence-corrected chi connectivity index (χ3v) is 3.57. The predicted octanol–water partition coefficient (Wildman–Crippen LogP) is 1.92. The van der Waals surface area contributed by atoms with Crippen molar-refractivity contribution in [2.24, 2.45) is 0 Å². The van der Waals surface area contributed by atoms with Crippen molar-refractivity contribution < 1.29 is 14.6 Å². The van der Waals surface area contributed by atoms with E-state index in [1.54, 1.807) is 7.11 Å². The Morgan fingerprint density at radius 3 is 2.89 bits per heavy atom. The highest BCUT2D eigenvalue weighted by Gasteiger charge is 2.27. The van der Waals surface area contributed by atoms with Crippen LogP contribution in [-0.2, 0) is 17.8 Å². The molecule has 1 aromatic carbocycles. The van der Waals surface area contributed by atoms with E-state index in [2.05, 4.69) is 0 Å². The minimum Gasteiger partial charge on any atom is -0.497 e. The first-order valence-electron chi connectivity index (χ1n) is 6.28. The van der Waals surface area contributed by atoms with Crippen LogP contribution in [0.3, 0.4) is 0 Å². The van der Waals surface area contributed by atoms with Crippen molar-refractivity contribution in [3.8, 4) is 5.75 Å². The molecule has 0 spiro atoms. The molecular weight excluding hydrogens is 230 g/mol. The second kappa shape index (κ2) is 5.40. The van der Waals surface area contributed by atoms with Gasteiger partial charge in [0.05, 0.1) is 7.11 Å². The van der Waals surface area contributed by atoms with Gasteiger partial charge in [-0.25, -0.2) is 0 Å². The Labute approximate surface area is 107 Å². The van der Waals surface area contributed by atoms with E-state index in [0.717, 1.165) is 18.7 Å². The van der Waals surface area contributed by atoms with Crippen LogP contribution in [0.5, 0.6) is 5.75 Å². The first-order valence-corrected chi connectivity index (χ1v) is 6.28. The van der Waals surface area contributed by atoms with Crippen LogP contribution in [-0.4, -0.2) is 35.7 Å². The van der Waals surface area contributed by atoms with E-state index in [1.165, 1.54) is 11.1 Å². The van der Waals surface area contributed by atoms with Crippen molar-refractivity contribution in [2.45, 2.75) is 32.4 Å². The maximum absolute atomic E-state index is 11.2. The van der Waals surface area contributed by atoms with Crippen LogP contribution >= 0.6 is 0 Å². The smallest absolute Gasteiger partial charge is 0.320 e. The van der Waals surface area contributed by atoms with Gasteiger partial charge < -0.3 is 9.84 Å². The topological polar surface area (TPSA) is 49.8 Å². The number of rotatable bonds is 4. The number of hydrogen-bond donors (Lipinski definition) is 1. The van der Waals surface area contributed by atoms with Crippen LogP contribution in [0.4, 0.5) is 0 Å². The van der Waals surface area contributed by atoms with E-state index in [9.17, 15) is 9.90 Å². The summed E-state index contributed by atoms with van der Waals surface area (Å²) in [6.07, 6.45) is 1.52. The van der Waals surface area contributed by atoms with Gasteiger partial charge in [0.2, 0.25) is 0 Å². The van der Waals surface area contributed by atoms with Crippen molar-refractivity contribution in [2.75, 3.05) is 13.7 Å². The Morgan fingerprint density at radius 2 is 2.28 bits per heavy atom. The molecule has 0 radical (unpaired) electrons. The highest BCUT2D eigenvalue weighted by Crippen LogP contribution is 2.25. The second-order valence-electron chi connectivity index (χ2n) is 4.62. The summed E-state index contributed by atoms with van der Waals surface area (Å²) in [7, 11) is 1.66. The maximum Gasteiger partial charge on any atom is 0.320 e. The van der Waals surface area contributed by atoms with Crippen LogP contribution in [0.2, 0.25) is 0 Å². The molecule has 1 aromatic rings. The van der Waals surface area contributed by atoms with Gasteiger partial charge in [-0.05, 0) is 36.1 Å². The standard InChI is InChI=1S/C14H19NO3/c1-3-13(14(16)17)15-7-6-10-8-12(18-2)5-4-11(10)9-15/h4-5,8,13H,3,6-7,9H2,1-2H3,(H,16,17). The average Bonchev–Trinajstić information content (AvgIpc) is 2.38. The predicted molar refractivity (Wildman–Crippen MR) is 68.8 cm³/mol. The van der Waals surface area contributed by atoms with Gasteiger partial charge in [-0.3, -0.25) is 9.69 Å². The Kier molecular flexibility index (Phi) is 3.87. The normalized spacial score (nSPS) is 17.0. The summed E-state index contributed by atoms with van der Waals surface area (Å²) >= 11 is 0. The van der Waals surface area contributed by atoms with E-state index < -0.39 is 5.97 Å². The molecule has 1 heterocycles. The number of benzene rings is 1. The van der Waals surface area contributed by atoms with Gasteiger partial charge in [0, 0.05) is 13.1 Å². The van der Waals surface area contributed by atoms with Crippen molar-refractivity contribution in [1.82, 2.24) is 4.90 Å². The Bertz CT molecular complexity index is 445. The summed E-state index contributed by atoms with van der Waals surface area (Å²) in [6.45, 7) is 3.43. The van der Waals surface area contributed by atoms with Crippen molar-refractivity contribution in [3.05, 3.63) is 29.3 Å². The quantitative estimate of drug-likeness (QED) is 0.885. The third-order valence-electron chi connectivity index (χ3n) is 3.57. The molecule has 1 aliphatic rings. The molecule has 0 fully saturated rings. The number of fused-ring (bicyclic) bond motifs is 1. The molecule has 0 amide bonds. The van der Waals surface area contributed by atoms with E-state index in [-0.39, 0.29) is 6.04 Å². The summed E-state index contributed by atoms with van der Waals surface area (Å²) in [5.41, 5.74) is 2.48. The van der Waals surface area contributed by atoms with Crippen molar-refractivity contribution in [1.29, 1.82) is 0 Å². The number of nitrogens with zero attached hydrogens (tertiary/aromatic N) is 1. The Balaban J connectivity index is 2.17. The molecule has 2 rings (SSSR count). The number of aliphatic carboxylic acids is 1. The molecule has 1 N–H and O–H groups in total. The third kappa shape index (κ3) is 2.48. The largest absolute Gasteiger partial charge is 0.497 e. The lowest BCUT2D eigenvalue weighted by Crippen LogP contribution is -2.43. The average molecular weight is 249 g/mol. The van der Waals surface area contributed by atoms with Crippen molar-refractivity contribution in [3.63, 3.8) is 0 Å². The Morgan fingerprint density at radius 1 is 1.50 bits per heavy atom. The van der Waals surface area contributed by atoms with E-state index >= 15 is 0 Å². The lowest BCUT2D eigenvalue weighted by atomic mass is 9.97. The summed E-state index contributed by atoms with van der Waals surface area (Å²) in [6, 6.07) is 5.65. The molecule has 4 heteroatoms. The number of carboxylic acid groups (broad SMARTS) is 1. The molecule has 18 heavy (non-hydrogen) atoms. The lowest BCUT2D eigenvalue weighted by molar-refractivity contribution is -0.143. The number of ether oxygens (including phenoxy) is 1. The zero-order valence-corrected chi connectivity index (χ0v) is 10.8. The van der Waals surface area contributed by atoms with E-state index in [1.807, 2.05) is 30.0 Å². The summed E-state index contributed by atoms with van der Waals surface area (Å²) in [5.74, 6) is 0.141. The summed E-state index contributed by atoms with van der Waals surface area (Å²) in [4.78, 5) is 13.2. The monoisotopic (exact) mass is 249 g/mol. The molecule has 1 atom stereocenters. The zero-order chi connectivity index (χ0) is 13.1. The summed E-state index contributed by atoms with van der Waals surface area (Å²) in [5, 5.41) is 9.19. The fraction of sp³-hybridized carbons (Fsp3) is 0.500. The van der Waals surface area contributed by atoms with Crippen LogP contribution in [0.15, 0.2) is 18.2 Å².